The quantitative estimate of drug-likeness (QED) is 0.703. The van der Waals surface area contributed by atoms with Crippen LogP contribution in [0.25, 0.3) is 0 Å². The molecule has 2 N–H and O–H groups in total. The van der Waals surface area contributed by atoms with Crippen LogP contribution in [0.2, 0.25) is 0 Å². The van der Waals surface area contributed by atoms with Crippen LogP contribution in [0.1, 0.15) is 25.5 Å². The number of hydrogen-bond acceptors (Lipinski definition) is 5. The summed E-state index contributed by atoms with van der Waals surface area (Å²) in [6, 6.07) is 0.584. The lowest BCUT2D eigenvalue weighted by atomic mass is 10.2. The van der Waals surface area contributed by atoms with Gasteiger partial charge >= 0.3 is 11.7 Å². The molecule has 2 rings (SSSR count). The Labute approximate surface area is 120 Å². The molecule has 21 heavy (non-hydrogen) atoms. The summed E-state index contributed by atoms with van der Waals surface area (Å²) in [5.41, 5.74) is -0.998. The van der Waals surface area contributed by atoms with Crippen LogP contribution in [0.3, 0.4) is 0 Å². The molecule has 1 unspecified atom stereocenters. The molecule has 1 fully saturated rings. The van der Waals surface area contributed by atoms with Crippen molar-refractivity contribution in [3.8, 4) is 0 Å². The third kappa shape index (κ3) is 3.59. The Morgan fingerprint density at radius 1 is 1.38 bits per heavy atom. The number of aromatic amines is 2. The average Bonchev–Trinajstić information content (AvgIpc) is 2.86. The first-order chi connectivity index (χ1) is 10.0. The van der Waals surface area contributed by atoms with Crippen LogP contribution in [0.4, 0.5) is 0 Å². The molecule has 0 bridgehead atoms. The van der Waals surface area contributed by atoms with Crippen LogP contribution >= 0.6 is 0 Å². The minimum absolute atomic E-state index is 0.130. The Hall–Kier alpha value is -2.38. The number of likely N-dealkylation sites (tertiary alicyclic amines) is 1. The van der Waals surface area contributed by atoms with Gasteiger partial charge in [0.1, 0.15) is 6.04 Å². The number of ether oxygens (including phenoxy) is 1. The van der Waals surface area contributed by atoms with Gasteiger partial charge in [0.25, 0.3) is 5.56 Å². The van der Waals surface area contributed by atoms with Gasteiger partial charge in [0, 0.05) is 18.3 Å². The summed E-state index contributed by atoms with van der Waals surface area (Å²) in [6.45, 7) is 2.44. The second-order valence-electron chi connectivity index (χ2n) is 4.79. The second kappa shape index (κ2) is 6.38. The molecule has 0 spiro atoms. The molecule has 8 heteroatoms. The maximum absolute atomic E-state index is 12.2. The third-order valence-corrected chi connectivity index (χ3v) is 3.29. The van der Waals surface area contributed by atoms with Crippen LogP contribution in [0, 0.1) is 0 Å². The zero-order valence-electron chi connectivity index (χ0n) is 11.7. The Bertz CT molecular complexity index is 619. The lowest BCUT2D eigenvalue weighted by Gasteiger charge is -2.23. The fourth-order valence-electron chi connectivity index (χ4n) is 2.43. The van der Waals surface area contributed by atoms with Gasteiger partial charge in [0.2, 0.25) is 5.91 Å². The predicted molar refractivity (Wildman–Crippen MR) is 72.8 cm³/mol. The Kier molecular flexibility index (Phi) is 4.56. The molecular formula is C13H17N3O5. The standard InChI is InChI=1S/C13H17N3O5/c1-2-21-12(19)9-4-3-5-16(9)11(18)7-8-6-10(17)15-13(20)14-8/h6,9H,2-5,7H2,1H3,(H2,14,15,17,20). The van der Waals surface area contributed by atoms with E-state index in [1.165, 1.54) is 4.90 Å². The smallest absolute Gasteiger partial charge is 0.328 e. The molecule has 1 amide bonds. The van der Waals surface area contributed by atoms with E-state index in [-0.39, 0.29) is 24.6 Å². The fraction of sp³-hybridized carbons (Fsp3) is 0.538. The van der Waals surface area contributed by atoms with E-state index >= 15 is 0 Å². The van der Waals surface area contributed by atoms with Gasteiger partial charge < -0.3 is 14.6 Å². The van der Waals surface area contributed by atoms with Crippen molar-refractivity contribution in [2.45, 2.75) is 32.2 Å². The maximum Gasteiger partial charge on any atom is 0.328 e. The van der Waals surface area contributed by atoms with Crippen LogP contribution in [-0.4, -0.2) is 45.9 Å². The minimum Gasteiger partial charge on any atom is -0.464 e. The average molecular weight is 295 g/mol. The molecule has 1 aromatic rings. The maximum atomic E-state index is 12.2. The van der Waals surface area contributed by atoms with Gasteiger partial charge in [-0.3, -0.25) is 14.6 Å². The van der Waals surface area contributed by atoms with Gasteiger partial charge in [-0.15, -0.1) is 0 Å². The summed E-state index contributed by atoms with van der Waals surface area (Å²) in [5, 5.41) is 0. The summed E-state index contributed by atoms with van der Waals surface area (Å²) < 4.78 is 4.95. The Balaban J connectivity index is 2.10. The van der Waals surface area contributed by atoms with E-state index in [9.17, 15) is 19.2 Å². The number of rotatable bonds is 4. The number of carbonyl (C=O) groups excluding carboxylic acids is 2. The number of nitrogens with one attached hydrogen (secondary N) is 2. The summed E-state index contributed by atoms with van der Waals surface area (Å²) in [7, 11) is 0. The van der Waals surface area contributed by atoms with Crippen molar-refractivity contribution in [3.63, 3.8) is 0 Å². The SMILES string of the molecule is CCOC(=O)C1CCCN1C(=O)Cc1cc(=O)[nH]c(=O)[nH]1. The summed E-state index contributed by atoms with van der Waals surface area (Å²) in [4.78, 5) is 52.3. The van der Waals surface area contributed by atoms with Crippen LogP contribution in [0.5, 0.6) is 0 Å². The molecule has 8 nitrogen and oxygen atoms in total. The number of aromatic nitrogens is 2. The number of H-pyrrole nitrogens is 2. The molecule has 1 saturated heterocycles. The minimum atomic E-state index is -0.659. The molecule has 0 saturated carbocycles. The van der Waals surface area contributed by atoms with Crippen molar-refractivity contribution in [3.05, 3.63) is 32.6 Å². The van der Waals surface area contributed by atoms with Crippen LogP contribution in [0.15, 0.2) is 15.7 Å². The molecule has 1 aromatic heterocycles. The summed E-state index contributed by atoms with van der Waals surface area (Å²) >= 11 is 0. The van der Waals surface area contributed by atoms with Gasteiger partial charge in [-0.2, -0.15) is 0 Å². The Morgan fingerprint density at radius 2 is 2.14 bits per heavy atom. The van der Waals surface area contributed by atoms with Crippen LogP contribution in [-0.2, 0) is 20.7 Å². The lowest BCUT2D eigenvalue weighted by Crippen LogP contribution is -2.42. The van der Waals surface area contributed by atoms with Crippen molar-refractivity contribution in [1.29, 1.82) is 0 Å². The molecule has 0 aromatic carbocycles. The number of nitrogens with zero attached hydrogens (tertiary/aromatic N) is 1. The summed E-state index contributed by atoms with van der Waals surface area (Å²) in [5.74, 6) is -0.727. The molecule has 0 aliphatic carbocycles. The largest absolute Gasteiger partial charge is 0.464 e. The van der Waals surface area contributed by atoms with Crippen molar-refractivity contribution in [2.75, 3.05) is 13.2 Å². The molecule has 1 atom stereocenters. The number of amides is 1. The van der Waals surface area contributed by atoms with E-state index in [0.717, 1.165) is 12.5 Å². The van der Waals surface area contributed by atoms with E-state index in [4.69, 9.17) is 4.74 Å². The highest BCUT2D eigenvalue weighted by molar-refractivity contribution is 5.86. The van der Waals surface area contributed by atoms with E-state index in [2.05, 4.69) is 4.98 Å². The highest BCUT2D eigenvalue weighted by atomic mass is 16.5. The third-order valence-electron chi connectivity index (χ3n) is 3.29. The van der Waals surface area contributed by atoms with Crippen molar-refractivity contribution < 1.29 is 14.3 Å². The number of esters is 1. The zero-order chi connectivity index (χ0) is 15.4. The molecule has 114 valence electrons. The highest BCUT2D eigenvalue weighted by Crippen LogP contribution is 2.19. The highest BCUT2D eigenvalue weighted by Gasteiger charge is 2.34. The van der Waals surface area contributed by atoms with Crippen molar-refractivity contribution in [1.82, 2.24) is 14.9 Å². The van der Waals surface area contributed by atoms with Gasteiger partial charge in [0.15, 0.2) is 0 Å². The molecule has 1 aliphatic heterocycles. The first-order valence-corrected chi connectivity index (χ1v) is 6.80. The van der Waals surface area contributed by atoms with Crippen molar-refractivity contribution >= 4 is 11.9 Å². The van der Waals surface area contributed by atoms with E-state index in [0.29, 0.717) is 13.0 Å². The Morgan fingerprint density at radius 3 is 2.81 bits per heavy atom. The predicted octanol–water partition coefficient (Wildman–Crippen LogP) is -0.840. The number of carbonyl (C=O) groups is 2. The zero-order valence-corrected chi connectivity index (χ0v) is 11.7. The van der Waals surface area contributed by atoms with Crippen molar-refractivity contribution in [2.24, 2.45) is 0 Å². The molecular weight excluding hydrogens is 278 g/mol. The van der Waals surface area contributed by atoms with Gasteiger partial charge in [0.05, 0.1) is 13.0 Å². The second-order valence-corrected chi connectivity index (χ2v) is 4.79. The normalized spacial score (nSPS) is 17.8. The van der Waals surface area contributed by atoms with Gasteiger partial charge in [-0.05, 0) is 19.8 Å². The van der Waals surface area contributed by atoms with Gasteiger partial charge in [-0.1, -0.05) is 0 Å². The monoisotopic (exact) mass is 295 g/mol. The van der Waals surface area contributed by atoms with E-state index < -0.39 is 23.3 Å². The lowest BCUT2D eigenvalue weighted by molar-refractivity contribution is -0.152. The van der Waals surface area contributed by atoms with Gasteiger partial charge in [-0.25, -0.2) is 9.59 Å². The van der Waals surface area contributed by atoms with E-state index in [1.54, 1.807) is 6.92 Å². The number of hydrogen-bond donors (Lipinski definition) is 2. The first-order valence-electron chi connectivity index (χ1n) is 6.80. The fourth-order valence-corrected chi connectivity index (χ4v) is 2.43. The molecule has 0 radical (unpaired) electrons. The van der Waals surface area contributed by atoms with E-state index in [1.807, 2.05) is 4.98 Å². The topological polar surface area (TPSA) is 112 Å². The molecule has 1 aliphatic rings. The summed E-state index contributed by atoms with van der Waals surface area (Å²) in [6.07, 6.45) is 1.16. The first kappa shape index (κ1) is 15.0. The molecule has 2 heterocycles. The van der Waals surface area contributed by atoms with Crippen LogP contribution < -0.4 is 11.2 Å².